The number of carbonyl (C=O) groups excluding carboxylic acids is 2. The fourth-order valence-electron chi connectivity index (χ4n) is 4.30. The quantitative estimate of drug-likeness (QED) is 0.255. The van der Waals surface area contributed by atoms with Crippen LogP contribution in [-0.4, -0.2) is 63.7 Å². The summed E-state index contributed by atoms with van der Waals surface area (Å²) in [5.41, 5.74) is 5.03. The number of amides is 1. The highest BCUT2D eigenvalue weighted by molar-refractivity contribution is 5.71. The maximum Gasteiger partial charge on any atom is 0.293 e. The van der Waals surface area contributed by atoms with Crippen molar-refractivity contribution < 1.29 is 28.5 Å². The summed E-state index contributed by atoms with van der Waals surface area (Å²) in [6, 6.07) is 6.31. The van der Waals surface area contributed by atoms with Gasteiger partial charge < -0.3 is 29.6 Å². The number of methoxy groups -OCH3 is 2. The Morgan fingerprint density at radius 3 is 2.48 bits per heavy atom. The molecular formula is C30H48N4O6. The fourth-order valence-corrected chi connectivity index (χ4v) is 4.30. The highest BCUT2D eigenvalue weighted by atomic mass is 16.5. The summed E-state index contributed by atoms with van der Waals surface area (Å²) in [7, 11) is 4.91. The Hall–Kier alpha value is -3.24. The first-order valence-corrected chi connectivity index (χ1v) is 14.1. The van der Waals surface area contributed by atoms with Crippen LogP contribution in [0.1, 0.15) is 76.0 Å². The molecule has 0 spiro atoms. The van der Waals surface area contributed by atoms with Crippen LogP contribution in [0.4, 0.5) is 5.82 Å². The fraction of sp³-hybridized carbons (Fsp3) is 0.600. The van der Waals surface area contributed by atoms with E-state index in [0.717, 1.165) is 71.6 Å². The lowest BCUT2D eigenvalue weighted by molar-refractivity contribution is -0.128. The monoisotopic (exact) mass is 560 g/mol. The van der Waals surface area contributed by atoms with Gasteiger partial charge in [-0.3, -0.25) is 9.59 Å². The Morgan fingerprint density at radius 1 is 1.10 bits per heavy atom. The van der Waals surface area contributed by atoms with Crippen molar-refractivity contribution in [2.75, 3.05) is 39.9 Å². The third-order valence-corrected chi connectivity index (χ3v) is 6.31. The number of nitrogens with zero attached hydrogens (tertiary/aromatic N) is 2. The molecule has 1 aromatic heterocycles. The Kier molecular flexibility index (Phi) is 18.8. The van der Waals surface area contributed by atoms with E-state index in [1.54, 1.807) is 28.3 Å². The van der Waals surface area contributed by atoms with Gasteiger partial charge in [-0.2, -0.15) is 0 Å². The molecule has 3 rings (SSSR count). The second-order valence-electron chi connectivity index (χ2n) is 9.24. The smallest absolute Gasteiger partial charge is 0.293 e. The van der Waals surface area contributed by atoms with Gasteiger partial charge in [0.2, 0.25) is 6.41 Å². The minimum Gasteiger partial charge on any atom is -0.497 e. The predicted octanol–water partition coefficient (Wildman–Crippen LogP) is 5.07. The summed E-state index contributed by atoms with van der Waals surface area (Å²) in [6.07, 6.45) is 8.17. The maximum atomic E-state index is 11.2. The second-order valence-corrected chi connectivity index (χ2v) is 9.24. The van der Waals surface area contributed by atoms with E-state index in [1.807, 2.05) is 18.2 Å². The third-order valence-electron chi connectivity index (χ3n) is 6.31. The molecule has 224 valence electrons. The van der Waals surface area contributed by atoms with Gasteiger partial charge in [-0.05, 0) is 61.9 Å². The Bertz CT molecular complexity index is 989. The molecule has 1 aromatic carbocycles. The number of hydrogen-bond acceptors (Lipinski definition) is 9. The first kappa shape index (κ1) is 34.8. The molecule has 1 atom stereocenters. The minimum atomic E-state index is 0.333. The number of benzene rings is 1. The van der Waals surface area contributed by atoms with Crippen molar-refractivity contribution in [3.63, 3.8) is 0 Å². The third kappa shape index (κ3) is 11.9. The molecule has 0 radical (unpaired) electrons. The molecular weight excluding hydrogens is 512 g/mol. The number of ether oxygens (including phenoxy) is 4. The van der Waals surface area contributed by atoms with Gasteiger partial charge in [-0.25, -0.2) is 0 Å². The zero-order chi connectivity index (χ0) is 29.6. The molecule has 1 aliphatic heterocycles. The minimum absolute atomic E-state index is 0.333. The van der Waals surface area contributed by atoms with Gasteiger partial charge in [0.1, 0.15) is 5.75 Å². The van der Waals surface area contributed by atoms with Crippen LogP contribution in [-0.2, 0) is 43.4 Å². The van der Waals surface area contributed by atoms with Crippen LogP contribution in [0.5, 0.6) is 5.75 Å². The lowest BCUT2D eigenvalue weighted by atomic mass is 9.95. The summed E-state index contributed by atoms with van der Waals surface area (Å²) in [6.45, 7) is 8.66. The standard InChI is InChI=1S/C25H36N4O3.C3H6O2.C2H6O/c1-4-6-7-9-19(5-2)27-25-23(15-26-17-30)22-10-8-13-32-16-18-14-20(31-3)11-12-21(18)24(22)28-29-25;1-2-5-3-4;1-3-2/h11-12,14,17,19H,4-10,13,15-16H2,1-3H3,(H,26,30)(H,27,29);3H,2H2,1H3;1-2H3. The molecule has 2 heterocycles. The van der Waals surface area contributed by atoms with E-state index in [2.05, 4.69) is 44.2 Å². The van der Waals surface area contributed by atoms with Crippen molar-refractivity contribution in [2.24, 2.45) is 0 Å². The molecule has 0 fully saturated rings. The van der Waals surface area contributed by atoms with Gasteiger partial charge >= 0.3 is 0 Å². The zero-order valence-corrected chi connectivity index (χ0v) is 25.1. The van der Waals surface area contributed by atoms with Crippen molar-refractivity contribution in [3.05, 3.63) is 34.9 Å². The zero-order valence-electron chi connectivity index (χ0n) is 25.1. The molecule has 1 aliphatic rings. The van der Waals surface area contributed by atoms with Crippen molar-refractivity contribution in [2.45, 2.75) is 84.9 Å². The van der Waals surface area contributed by atoms with Gasteiger partial charge in [0.15, 0.2) is 5.82 Å². The van der Waals surface area contributed by atoms with Crippen LogP contribution in [0.15, 0.2) is 18.2 Å². The Balaban J connectivity index is 0.000000884. The van der Waals surface area contributed by atoms with Crippen LogP contribution < -0.4 is 15.4 Å². The highest BCUT2D eigenvalue weighted by Crippen LogP contribution is 2.34. The number of carbonyl (C=O) groups is 2. The molecule has 2 aromatic rings. The summed E-state index contributed by atoms with van der Waals surface area (Å²) in [5, 5.41) is 15.8. The summed E-state index contributed by atoms with van der Waals surface area (Å²) in [5.74, 6) is 1.57. The Labute approximate surface area is 239 Å². The van der Waals surface area contributed by atoms with E-state index < -0.39 is 0 Å². The first-order valence-electron chi connectivity index (χ1n) is 14.1. The van der Waals surface area contributed by atoms with Crippen LogP contribution in [0.2, 0.25) is 0 Å². The molecule has 1 amide bonds. The van der Waals surface area contributed by atoms with E-state index >= 15 is 0 Å². The number of aromatic nitrogens is 2. The molecule has 0 saturated carbocycles. The lowest BCUT2D eigenvalue weighted by Gasteiger charge is -2.22. The van der Waals surface area contributed by atoms with Crippen LogP contribution in [0.25, 0.3) is 11.3 Å². The average Bonchev–Trinajstić information content (AvgIpc) is 3.05. The van der Waals surface area contributed by atoms with Crippen molar-refractivity contribution in [1.82, 2.24) is 15.5 Å². The van der Waals surface area contributed by atoms with E-state index in [-0.39, 0.29) is 0 Å². The number of hydrogen-bond donors (Lipinski definition) is 2. The van der Waals surface area contributed by atoms with E-state index in [4.69, 9.17) is 9.47 Å². The molecule has 10 nitrogen and oxygen atoms in total. The molecule has 0 bridgehead atoms. The van der Waals surface area contributed by atoms with Crippen molar-refractivity contribution in [3.8, 4) is 17.0 Å². The van der Waals surface area contributed by atoms with Gasteiger partial charge in [-0.15, -0.1) is 10.2 Å². The highest BCUT2D eigenvalue weighted by Gasteiger charge is 2.22. The largest absolute Gasteiger partial charge is 0.497 e. The molecule has 0 saturated heterocycles. The van der Waals surface area contributed by atoms with Crippen LogP contribution in [0, 0.1) is 0 Å². The summed E-state index contributed by atoms with van der Waals surface area (Å²) in [4.78, 5) is 20.3. The maximum absolute atomic E-state index is 11.2. The molecule has 1 unspecified atom stereocenters. The first-order chi connectivity index (χ1) is 19.5. The molecule has 40 heavy (non-hydrogen) atoms. The second kappa shape index (κ2) is 21.6. The van der Waals surface area contributed by atoms with E-state index in [1.165, 1.54) is 19.3 Å². The van der Waals surface area contributed by atoms with Gasteiger partial charge in [0.25, 0.3) is 6.47 Å². The normalized spacial score (nSPS) is 12.7. The molecule has 2 N–H and O–H groups in total. The Morgan fingerprint density at radius 2 is 1.88 bits per heavy atom. The SMILES string of the molecule is CCCCCC(CC)Nc1nnc2c(c1CNC=O)CCCOCc1cc(OC)ccc1-2.CCOC=O.COC. The van der Waals surface area contributed by atoms with Crippen molar-refractivity contribution in [1.29, 1.82) is 0 Å². The molecule has 0 aliphatic carbocycles. The summed E-state index contributed by atoms with van der Waals surface area (Å²) >= 11 is 0. The van der Waals surface area contributed by atoms with Gasteiger partial charge in [0.05, 0.1) is 26.0 Å². The molecule has 10 heteroatoms. The summed E-state index contributed by atoms with van der Waals surface area (Å²) < 4.78 is 19.7. The average molecular weight is 561 g/mol. The number of fused-ring (bicyclic) bond motifs is 3. The number of unbranched alkanes of at least 4 members (excludes halogenated alkanes) is 2. The number of rotatable bonds is 13. The van der Waals surface area contributed by atoms with Crippen LogP contribution >= 0.6 is 0 Å². The number of anilines is 1. The van der Waals surface area contributed by atoms with Crippen LogP contribution in [0.3, 0.4) is 0 Å². The van der Waals surface area contributed by atoms with Crippen molar-refractivity contribution >= 4 is 18.7 Å². The van der Waals surface area contributed by atoms with Gasteiger partial charge in [-0.1, -0.05) is 33.1 Å². The lowest BCUT2D eigenvalue weighted by Crippen LogP contribution is -2.23. The van der Waals surface area contributed by atoms with E-state index in [0.29, 0.717) is 38.9 Å². The number of nitrogens with one attached hydrogen (secondary N) is 2. The van der Waals surface area contributed by atoms with E-state index in [9.17, 15) is 9.59 Å². The van der Waals surface area contributed by atoms with Gasteiger partial charge in [0, 0.05) is 44.5 Å². The predicted molar refractivity (Wildman–Crippen MR) is 157 cm³/mol. The topological polar surface area (TPSA) is 121 Å².